The molecule has 0 saturated heterocycles. The second-order valence-corrected chi connectivity index (χ2v) is 6.22. The highest BCUT2D eigenvalue weighted by atomic mass is 79.9. The molecule has 23 heavy (non-hydrogen) atoms. The van der Waals surface area contributed by atoms with Crippen LogP contribution in [0.5, 0.6) is 0 Å². The lowest BCUT2D eigenvalue weighted by Gasteiger charge is -2.14. The summed E-state index contributed by atoms with van der Waals surface area (Å²) < 4.78 is 5.71. The van der Waals surface area contributed by atoms with Crippen molar-refractivity contribution in [2.75, 3.05) is 6.61 Å². The Morgan fingerprint density at radius 2 is 1.91 bits per heavy atom. The van der Waals surface area contributed by atoms with Crippen LogP contribution in [0.2, 0.25) is 5.02 Å². The minimum Gasteiger partial charge on any atom is -0.452 e. The first-order valence-corrected chi connectivity index (χ1v) is 8.11. The standard InChI is InChI=1S/C17H15BrClNO3/c1-11(12-5-3-2-4-6-12)20-16(21)10-23-17(22)14-9-13(18)7-8-15(14)19/h2-9,11H,10H2,1H3,(H,20,21)/t11-/m1/s1. The number of esters is 1. The Bertz CT molecular complexity index is 706. The minimum atomic E-state index is -0.640. The van der Waals surface area contributed by atoms with Crippen LogP contribution >= 0.6 is 27.5 Å². The van der Waals surface area contributed by atoms with Gasteiger partial charge in [-0.05, 0) is 30.7 Å². The lowest BCUT2D eigenvalue weighted by Crippen LogP contribution is -2.31. The molecule has 0 heterocycles. The SMILES string of the molecule is C[C@@H](NC(=O)COC(=O)c1cc(Br)ccc1Cl)c1ccccc1. The fourth-order valence-electron chi connectivity index (χ4n) is 1.97. The van der Waals surface area contributed by atoms with Gasteiger partial charge in [0, 0.05) is 4.47 Å². The summed E-state index contributed by atoms with van der Waals surface area (Å²) in [6.45, 7) is 1.50. The zero-order valence-electron chi connectivity index (χ0n) is 12.4. The summed E-state index contributed by atoms with van der Waals surface area (Å²) in [6.07, 6.45) is 0. The predicted molar refractivity (Wildman–Crippen MR) is 92.4 cm³/mol. The van der Waals surface area contributed by atoms with Crippen LogP contribution in [0.1, 0.15) is 28.9 Å². The molecule has 120 valence electrons. The molecule has 0 fully saturated rings. The van der Waals surface area contributed by atoms with Crippen LogP contribution in [-0.4, -0.2) is 18.5 Å². The summed E-state index contributed by atoms with van der Waals surface area (Å²) in [4.78, 5) is 23.9. The first-order chi connectivity index (χ1) is 11.0. The summed E-state index contributed by atoms with van der Waals surface area (Å²) in [6, 6.07) is 14.2. The van der Waals surface area contributed by atoms with E-state index in [-0.39, 0.29) is 29.1 Å². The number of halogens is 2. The van der Waals surface area contributed by atoms with Gasteiger partial charge in [0.1, 0.15) is 0 Å². The van der Waals surface area contributed by atoms with Gasteiger partial charge >= 0.3 is 5.97 Å². The van der Waals surface area contributed by atoms with Gasteiger partial charge in [-0.3, -0.25) is 4.79 Å². The van der Waals surface area contributed by atoms with Gasteiger partial charge in [0.05, 0.1) is 16.6 Å². The van der Waals surface area contributed by atoms with Crippen molar-refractivity contribution in [3.8, 4) is 0 Å². The quantitative estimate of drug-likeness (QED) is 0.773. The van der Waals surface area contributed by atoms with Crippen molar-refractivity contribution in [2.45, 2.75) is 13.0 Å². The highest BCUT2D eigenvalue weighted by Crippen LogP contribution is 2.21. The molecule has 4 nitrogen and oxygen atoms in total. The summed E-state index contributed by atoms with van der Waals surface area (Å²) >= 11 is 9.21. The Balaban J connectivity index is 1.89. The molecule has 0 saturated carbocycles. The fourth-order valence-corrected chi connectivity index (χ4v) is 2.53. The van der Waals surface area contributed by atoms with Gasteiger partial charge in [-0.2, -0.15) is 0 Å². The van der Waals surface area contributed by atoms with E-state index in [0.717, 1.165) is 5.56 Å². The number of carbonyl (C=O) groups excluding carboxylic acids is 2. The summed E-state index contributed by atoms with van der Waals surface area (Å²) in [5, 5.41) is 3.04. The van der Waals surface area contributed by atoms with Gasteiger partial charge in [0.25, 0.3) is 5.91 Å². The van der Waals surface area contributed by atoms with Crippen molar-refractivity contribution in [3.63, 3.8) is 0 Å². The Kier molecular flexibility index (Phi) is 6.19. The van der Waals surface area contributed by atoms with Crippen molar-refractivity contribution in [1.82, 2.24) is 5.32 Å². The highest BCUT2D eigenvalue weighted by molar-refractivity contribution is 9.10. The van der Waals surface area contributed by atoms with Crippen molar-refractivity contribution in [2.24, 2.45) is 0 Å². The zero-order valence-corrected chi connectivity index (χ0v) is 14.7. The maximum Gasteiger partial charge on any atom is 0.340 e. The summed E-state index contributed by atoms with van der Waals surface area (Å²) in [7, 11) is 0. The third kappa shape index (κ3) is 5.08. The number of ether oxygens (including phenoxy) is 1. The van der Waals surface area contributed by atoms with Gasteiger partial charge in [-0.1, -0.05) is 57.9 Å². The van der Waals surface area contributed by atoms with Crippen LogP contribution in [0.3, 0.4) is 0 Å². The molecule has 2 aromatic carbocycles. The van der Waals surface area contributed by atoms with Crippen LogP contribution in [0.25, 0.3) is 0 Å². The van der Waals surface area contributed by atoms with Gasteiger partial charge in [0.15, 0.2) is 6.61 Å². The predicted octanol–water partition coefficient (Wildman–Crippen LogP) is 4.14. The number of hydrogen-bond acceptors (Lipinski definition) is 3. The number of benzene rings is 2. The molecule has 0 bridgehead atoms. The number of carbonyl (C=O) groups is 2. The van der Waals surface area contributed by atoms with Crippen molar-refractivity contribution >= 4 is 39.4 Å². The molecular formula is C17H15BrClNO3. The molecule has 0 radical (unpaired) electrons. The van der Waals surface area contributed by atoms with Crippen LogP contribution < -0.4 is 5.32 Å². The van der Waals surface area contributed by atoms with E-state index in [1.165, 1.54) is 0 Å². The molecule has 0 aliphatic carbocycles. The smallest absolute Gasteiger partial charge is 0.340 e. The normalized spacial score (nSPS) is 11.6. The maximum atomic E-state index is 12.0. The zero-order chi connectivity index (χ0) is 16.8. The second-order valence-electron chi connectivity index (χ2n) is 4.90. The van der Waals surface area contributed by atoms with Crippen LogP contribution in [0, 0.1) is 0 Å². The molecule has 1 amide bonds. The van der Waals surface area contributed by atoms with E-state index in [1.54, 1.807) is 18.2 Å². The van der Waals surface area contributed by atoms with Crippen molar-refractivity contribution < 1.29 is 14.3 Å². The molecule has 0 aliphatic heterocycles. The van der Waals surface area contributed by atoms with Crippen molar-refractivity contribution in [1.29, 1.82) is 0 Å². The molecule has 6 heteroatoms. The van der Waals surface area contributed by atoms with E-state index in [4.69, 9.17) is 16.3 Å². The number of rotatable bonds is 5. The Labute approximate surface area is 147 Å². The molecule has 2 aromatic rings. The van der Waals surface area contributed by atoms with Crippen LogP contribution in [-0.2, 0) is 9.53 Å². The third-order valence-electron chi connectivity index (χ3n) is 3.16. The maximum absolute atomic E-state index is 12.0. The Morgan fingerprint density at radius 1 is 1.22 bits per heavy atom. The van der Waals surface area contributed by atoms with Crippen molar-refractivity contribution in [3.05, 3.63) is 69.2 Å². The Morgan fingerprint density at radius 3 is 2.61 bits per heavy atom. The largest absolute Gasteiger partial charge is 0.452 e. The monoisotopic (exact) mass is 395 g/mol. The fraction of sp³-hybridized carbons (Fsp3) is 0.176. The first-order valence-electron chi connectivity index (χ1n) is 6.94. The molecular weight excluding hydrogens is 382 g/mol. The average molecular weight is 397 g/mol. The van der Waals surface area contributed by atoms with E-state index < -0.39 is 5.97 Å². The summed E-state index contributed by atoms with van der Waals surface area (Å²) in [5.41, 5.74) is 1.19. The van der Waals surface area contributed by atoms with Gasteiger partial charge in [-0.25, -0.2) is 4.79 Å². The minimum absolute atomic E-state index is 0.170. The first kappa shape index (κ1) is 17.5. The van der Waals surface area contributed by atoms with Gasteiger partial charge < -0.3 is 10.1 Å². The Hall–Kier alpha value is -1.85. The second kappa shape index (κ2) is 8.13. The third-order valence-corrected chi connectivity index (χ3v) is 3.98. The van der Waals surface area contributed by atoms with E-state index in [0.29, 0.717) is 4.47 Å². The average Bonchev–Trinajstić information content (AvgIpc) is 2.55. The van der Waals surface area contributed by atoms with Gasteiger partial charge in [-0.15, -0.1) is 0 Å². The molecule has 1 N–H and O–H groups in total. The van der Waals surface area contributed by atoms with E-state index in [1.807, 2.05) is 37.3 Å². The van der Waals surface area contributed by atoms with Crippen LogP contribution in [0.15, 0.2) is 53.0 Å². The van der Waals surface area contributed by atoms with Gasteiger partial charge in [0.2, 0.25) is 0 Å². The molecule has 0 aliphatic rings. The number of amides is 1. The van der Waals surface area contributed by atoms with E-state index in [2.05, 4.69) is 21.2 Å². The molecule has 0 aromatic heterocycles. The summed E-state index contributed by atoms with van der Waals surface area (Å²) in [5.74, 6) is -1.01. The van der Waals surface area contributed by atoms with Crippen LogP contribution in [0.4, 0.5) is 0 Å². The molecule has 0 unspecified atom stereocenters. The van der Waals surface area contributed by atoms with E-state index in [9.17, 15) is 9.59 Å². The number of nitrogens with one attached hydrogen (secondary N) is 1. The van der Waals surface area contributed by atoms with E-state index >= 15 is 0 Å². The molecule has 0 spiro atoms. The highest BCUT2D eigenvalue weighted by Gasteiger charge is 2.15. The lowest BCUT2D eigenvalue weighted by molar-refractivity contribution is -0.124. The topological polar surface area (TPSA) is 55.4 Å². The number of hydrogen-bond donors (Lipinski definition) is 1. The molecule has 1 atom stereocenters. The lowest BCUT2D eigenvalue weighted by atomic mass is 10.1. The molecule has 2 rings (SSSR count).